The van der Waals surface area contributed by atoms with Crippen molar-refractivity contribution in [2.45, 2.75) is 0 Å². The molecule has 3 nitrogen and oxygen atoms in total. The SMILES string of the molecule is CO/N=C/c1cc(Br)ccc1O. The molecule has 1 rings (SSSR count). The van der Waals surface area contributed by atoms with Crippen LogP contribution in [-0.2, 0) is 4.84 Å². The Morgan fingerprint density at radius 3 is 3.00 bits per heavy atom. The lowest BCUT2D eigenvalue weighted by molar-refractivity contribution is 0.215. The topological polar surface area (TPSA) is 41.8 Å². The summed E-state index contributed by atoms with van der Waals surface area (Å²) in [6.45, 7) is 0. The number of nitrogens with zero attached hydrogens (tertiary/aromatic N) is 1. The van der Waals surface area contributed by atoms with E-state index in [9.17, 15) is 5.11 Å². The van der Waals surface area contributed by atoms with E-state index in [-0.39, 0.29) is 5.75 Å². The molecule has 0 amide bonds. The zero-order valence-electron chi connectivity index (χ0n) is 6.49. The van der Waals surface area contributed by atoms with Crippen LogP contribution in [0.3, 0.4) is 0 Å². The van der Waals surface area contributed by atoms with E-state index in [0.717, 1.165) is 4.47 Å². The van der Waals surface area contributed by atoms with Crippen molar-refractivity contribution in [1.82, 2.24) is 0 Å². The molecule has 12 heavy (non-hydrogen) atoms. The third kappa shape index (κ3) is 2.23. The van der Waals surface area contributed by atoms with Gasteiger partial charge < -0.3 is 9.94 Å². The zero-order chi connectivity index (χ0) is 8.97. The number of rotatable bonds is 2. The first-order chi connectivity index (χ1) is 5.74. The van der Waals surface area contributed by atoms with Gasteiger partial charge in [-0.05, 0) is 18.2 Å². The molecule has 0 aliphatic rings. The van der Waals surface area contributed by atoms with Crippen LogP contribution in [0.2, 0.25) is 0 Å². The highest BCUT2D eigenvalue weighted by Gasteiger charge is 1.97. The Labute approximate surface area is 78.8 Å². The van der Waals surface area contributed by atoms with E-state index in [4.69, 9.17) is 0 Å². The molecule has 0 fully saturated rings. The smallest absolute Gasteiger partial charge is 0.124 e. The van der Waals surface area contributed by atoms with Gasteiger partial charge in [-0.25, -0.2) is 0 Å². The highest BCUT2D eigenvalue weighted by atomic mass is 79.9. The number of halogens is 1. The second-order valence-corrected chi connectivity index (χ2v) is 3.04. The predicted molar refractivity (Wildman–Crippen MR) is 50.4 cm³/mol. The van der Waals surface area contributed by atoms with Gasteiger partial charge in [-0.2, -0.15) is 0 Å². The molecule has 4 heteroatoms. The first-order valence-corrected chi connectivity index (χ1v) is 4.08. The van der Waals surface area contributed by atoms with Crippen molar-refractivity contribution < 1.29 is 9.94 Å². The van der Waals surface area contributed by atoms with Crippen molar-refractivity contribution in [3.63, 3.8) is 0 Å². The first-order valence-electron chi connectivity index (χ1n) is 3.29. The Bertz CT molecular complexity index is 299. The minimum atomic E-state index is 0.180. The Balaban J connectivity index is 2.97. The summed E-state index contributed by atoms with van der Waals surface area (Å²) >= 11 is 3.27. The number of aromatic hydroxyl groups is 1. The molecule has 0 spiro atoms. The van der Waals surface area contributed by atoms with E-state index in [0.29, 0.717) is 5.56 Å². The molecule has 0 bridgehead atoms. The molecule has 0 aliphatic heterocycles. The number of benzene rings is 1. The van der Waals surface area contributed by atoms with E-state index in [1.165, 1.54) is 13.3 Å². The monoisotopic (exact) mass is 229 g/mol. The van der Waals surface area contributed by atoms with Gasteiger partial charge in [-0.15, -0.1) is 0 Å². The Hall–Kier alpha value is -1.03. The maximum Gasteiger partial charge on any atom is 0.124 e. The molecule has 0 aliphatic carbocycles. The van der Waals surface area contributed by atoms with Crippen molar-refractivity contribution in [2.75, 3.05) is 7.11 Å². The number of phenols is 1. The Morgan fingerprint density at radius 2 is 2.33 bits per heavy atom. The quantitative estimate of drug-likeness (QED) is 0.624. The number of oxime groups is 1. The fraction of sp³-hybridized carbons (Fsp3) is 0.125. The van der Waals surface area contributed by atoms with Crippen LogP contribution < -0.4 is 0 Å². The van der Waals surface area contributed by atoms with Gasteiger partial charge in [0.05, 0.1) is 6.21 Å². The van der Waals surface area contributed by atoms with Gasteiger partial charge in [0.1, 0.15) is 12.9 Å². The summed E-state index contributed by atoms with van der Waals surface area (Å²) < 4.78 is 0.887. The van der Waals surface area contributed by atoms with Crippen molar-refractivity contribution in [1.29, 1.82) is 0 Å². The van der Waals surface area contributed by atoms with Gasteiger partial charge in [0.2, 0.25) is 0 Å². The maximum absolute atomic E-state index is 9.29. The van der Waals surface area contributed by atoms with Crippen LogP contribution in [0.25, 0.3) is 0 Å². The molecule has 0 radical (unpaired) electrons. The van der Waals surface area contributed by atoms with Gasteiger partial charge in [0, 0.05) is 10.0 Å². The van der Waals surface area contributed by atoms with Crippen LogP contribution in [0.5, 0.6) is 5.75 Å². The van der Waals surface area contributed by atoms with Crippen molar-refractivity contribution in [3.8, 4) is 5.75 Å². The van der Waals surface area contributed by atoms with Gasteiger partial charge >= 0.3 is 0 Å². The zero-order valence-corrected chi connectivity index (χ0v) is 8.08. The third-order valence-electron chi connectivity index (χ3n) is 1.29. The van der Waals surface area contributed by atoms with Crippen LogP contribution in [0.4, 0.5) is 0 Å². The Kier molecular flexibility index (Phi) is 3.10. The van der Waals surface area contributed by atoms with Gasteiger partial charge in [0.25, 0.3) is 0 Å². The maximum atomic E-state index is 9.29. The fourth-order valence-electron chi connectivity index (χ4n) is 0.738. The molecule has 0 heterocycles. The molecule has 0 atom stereocenters. The average molecular weight is 230 g/mol. The van der Waals surface area contributed by atoms with E-state index in [1.807, 2.05) is 0 Å². The standard InChI is InChI=1S/C8H8BrNO2/c1-12-10-5-6-4-7(9)2-3-8(6)11/h2-5,11H,1H3/b10-5+. The molecule has 1 N–H and O–H groups in total. The lowest BCUT2D eigenvalue weighted by Gasteiger charge is -1.97. The lowest BCUT2D eigenvalue weighted by Crippen LogP contribution is -1.83. The summed E-state index contributed by atoms with van der Waals surface area (Å²) in [5.74, 6) is 0.180. The lowest BCUT2D eigenvalue weighted by atomic mass is 10.2. The Morgan fingerprint density at radius 1 is 1.58 bits per heavy atom. The molecule has 0 saturated heterocycles. The van der Waals surface area contributed by atoms with Crippen LogP contribution in [0, 0.1) is 0 Å². The van der Waals surface area contributed by atoms with Crippen LogP contribution in [-0.4, -0.2) is 18.4 Å². The van der Waals surface area contributed by atoms with E-state index >= 15 is 0 Å². The van der Waals surface area contributed by atoms with Gasteiger partial charge in [0.15, 0.2) is 0 Å². The predicted octanol–water partition coefficient (Wildman–Crippen LogP) is 2.14. The summed E-state index contributed by atoms with van der Waals surface area (Å²) in [4.78, 5) is 4.48. The molecule has 0 saturated carbocycles. The summed E-state index contributed by atoms with van der Waals surface area (Å²) in [7, 11) is 1.45. The average Bonchev–Trinajstić information content (AvgIpc) is 2.07. The van der Waals surface area contributed by atoms with Crippen LogP contribution >= 0.6 is 15.9 Å². The molecule has 64 valence electrons. The van der Waals surface area contributed by atoms with Crippen LogP contribution in [0.1, 0.15) is 5.56 Å². The summed E-state index contributed by atoms with van der Waals surface area (Å²) in [6.07, 6.45) is 1.44. The highest BCUT2D eigenvalue weighted by Crippen LogP contribution is 2.19. The van der Waals surface area contributed by atoms with Crippen molar-refractivity contribution >= 4 is 22.1 Å². The summed E-state index contributed by atoms with van der Waals surface area (Å²) in [5, 5.41) is 12.8. The van der Waals surface area contributed by atoms with Crippen molar-refractivity contribution in [3.05, 3.63) is 28.2 Å². The van der Waals surface area contributed by atoms with E-state index < -0.39 is 0 Å². The largest absolute Gasteiger partial charge is 0.507 e. The molecule has 0 aromatic heterocycles. The van der Waals surface area contributed by atoms with Gasteiger partial charge in [-0.3, -0.25) is 0 Å². The summed E-state index contributed by atoms with van der Waals surface area (Å²) in [5.41, 5.74) is 0.617. The highest BCUT2D eigenvalue weighted by molar-refractivity contribution is 9.10. The third-order valence-corrected chi connectivity index (χ3v) is 1.78. The number of hydrogen-bond donors (Lipinski definition) is 1. The minimum absolute atomic E-state index is 0.180. The normalized spacial score (nSPS) is 10.5. The van der Waals surface area contributed by atoms with Gasteiger partial charge in [-0.1, -0.05) is 21.1 Å². The second kappa shape index (κ2) is 4.11. The first kappa shape index (κ1) is 9.06. The summed E-state index contributed by atoms with van der Waals surface area (Å²) in [6, 6.07) is 5.08. The molecule has 1 aromatic rings. The molecular formula is C8H8BrNO2. The van der Waals surface area contributed by atoms with Crippen molar-refractivity contribution in [2.24, 2.45) is 5.16 Å². The number of hydrogen-bond acceptors (Lipinski definition) is 3. The molecular weight excluding hydrogens is 222 g/mol. The van der Waals surface area contributed by atoms with Crippen LogP contribution in [0.15, 0.2) is 27.8 Å². The second-order valence-electron chi connectivity index (χ2n) is 2.12. The number of phenolic OH excluding ortho intramolecular Hbond substituents is 1. The van der Waals surface area contributed by atoms with E-state index in [2.05, 4.69) is 25.9 Å². The van der Waals surface area contributed by atoms with E-state index in [1.54, 1.807) is 18.2 Å². The molecule has 0 unspecified atom stereocenters. The fourth-order valence-corrected chi connectivity index (χ4v) is 1.12. The minimum Gasteiger partial charge on any atom is -0.507 e. The molecule has 1 aromatic carbocycles.